The Labute approximate surface area is 111 Å². The van der Waals surface area contributed by atoms with Crippen molar-refractivity contribution in [2.24, 2.45) is 0 Å². The number of halogens is 1. The number of nitrogens with zero attached hydrogens (tertiary/aromatic N) is 2. The number of benzene rings is 1. The van der Waals surface area contributed by atoms with Crippen molar-refractivity contribution in [2.45, 2.75) is 20.8 Å². The number of anilines is 2. The molecule has 96 valence electrons. The molecule has 0 atom stereocenters. The predicted molar refractivity (Wildman–Crippen MR) is 72.8 cm³/mol. The van der Waals surface area contributed by atoms with Crippen molar-refractivity contribution in [3.63, 3.8) is 0 Å². The van der Waals surface area contributed by atoms with Gasteiger partial charge in [0.25, 0.3) is 0 Å². The molecule has 4 heteroatoms. The highest BCUT2D eigenvalue weighted by atomic mass is 19.1. The lowest BCUT2D eigenvalue weighted by Gasteiger charge is -2.12. The van der Waals surface area contributed by atoms with Gasteiger partial charge in [0.2, 0.25) is 0 Å². The third-order valence-electron chi connectivity index (χ3n) is 2.98. The van der Waals surface area contributed by atoms with E-state index in [9.17, 15) is 9.65 Å². The highest BCUT2D eigenvalue weighted by molar-refractivity contribution is 5.67. The van der Waals surface area contributed by atoms with E-state index in [0.29, 0.717) is 22.6 Å². The van der Waals surface area contributed by atoms with Gasteiger partial charge in [0.1, 0.15) is 17.7 Å². The molecule has 1 N–H and O–H groups in total. The predicted octanol–water partition coefficient (Wildman–Crippen LogP) is 3.76. The van der Waals surface area contributed by atoms with Crippen molar-refractivity contribution in [3.8, 4) is 6.07 Å². The maximum atomic E-state index is 13.5. The molecule has 0 aliphatic rings. The Bertz CT molecular complexity index is 672. The molecule has 1 aromatic heterocycles. The highest BCUT2D eigenvalue weighted by Crippen LogP contribution is 2.25. The number of nitriles is 1. The van der Waals surface area contributed by atoms with Gasteiger partial charge in [-0.05, 0) is 44.5 Å². The van der Waals surface area contributed by atoms with Crippen LogP contribution in [0.25, 0.3) is 0 Å². The van der Waals surface area contributed by atoms with Gasteiger partial charge in [0.15, 0.2) is 0 Å². The van der Waals surface area contributed by atoms with E-state index in [4.69, 9.17) is 0 Å². The Morgan fingerprint density at radius 1 is 1.26 bits per heavy atom. The zero-order valence-corrected chi connectivity index (χ0v) is 11.1. The molecule has 2 aromatic rings. The number of aromatic nitrogens is 1. The minimum Gasteiger partial charge on any atom is -0.339 e. The van der Waals surface area contributed by atoms with Gasteiger partial charge in [0, 0.05) is 16.9 Å². The molecule has 1 aromatic carbocycles. The minimum absolute atomic E-state index is 0.284. The maximum Gasteiger partial charge on any atom is 0.148 e. The lowest BCUT2D eigenvalue weighted by atomic mass is 10.1. The molecule has 0 aliphatic heterocycles. The third kappa shape index (κ3) is 2.55. The molecule has 0 fully saturated rings. The molecule has 0 bridgehead atoms. The van der Waals surface area contributed by atoms with Crippen molar-refractivity contribution in [3.05, 3.63) is 52.5 Å². The van der Waals surface area contributed by atoms with Crippen LogP contribution < -0.4 is 5.32 Å². The first-order valence-electron chi connectivity index (χ1n) is 5.93. The second kappa shape index (κ2) is 5.07. The van der Waals surface area contributed by atoms with Crippen LogP contribution >= 0.6 is 0 Å². The quantitative estimate of drug-likeness (QED) is 0.888. The van der Waals surface area contributed by atoms with Crippen molar-refractivity contribution >= 4 is 11.5 Å². The van der Waals surface area contributed by atoms with Gasteiger partial charge in [-0.1, -0.05) is 6.07 Å². The van der Waals surface area contributed by atoms with E-state index in [1.54, 1.807) is 19.1 Å². The summed E-state index contributed by atoms with van der Waals surface area (Å²) in [5.41, 5.74) is 3.27. The van der Waals surface area contributed by atoms with Gasteiger partial charge in [-0.2, -0.15) is 5.26 Å². The summed E-state index contributed by atoms with van der Waals surface area (Å²) in [5.74, 6) is 0.182. The average molecular weight is 255 g/mol. The topological polar surface area (TPSA) is 48.7 Å². The summed E-state index contributed by atoms with van der Waals surface area (Å²) in [4.78, 5) is 4.31. The lowest BCUT2D eigenvalue weighted by molar-refractivity contribution is 0.619. The molecule has 0 radical (unpaired) electrons. The van der Waals surface area contributed by atoms with Crippen LogP contribution in [0.3, 0.4) is 0 Å². The van der Waals surface area contributed by atoms with E-state index < -0.39 is 0 Å². The van der Waals surface area contributed by atoms with Crippen LogP contribution in [0.5, 0.6) is 0 Å². The normalized spacial score (nSPS) is 10.1. The van der Waals surface area contributed by atoms with Crippen LogP contribution in [0.1, 0.15) is 22.4 Å². The lowest BCUT2D eigenvalue weighted by Crippen LogP contribution is -2.02. The number of hydrogen-bond donors (Lipinski definition) is 1. The molecule has 0 spiro atoms. The molecule has 2 rings (SSSR count). The second-order valence-corrected chi connectivity index (χ2v) is 4.45. The maximum absolute atomic E-state index is 13.5. The van der Waals surface area contributed by atoms with Crippen LogP contribution in [0.2, 0.25) is 0 Å². The zero-order valence-electron chi connectivity index (χ0n) is 11.1. The Hall–Kier alpha value is -2.41. The number of nitrogens with one attached hydrogen (secondary N) is 1. The molecule has 0 unspecified atom stereocenters. The summed E-state index contributed by atoms with van der Waals surface area (Å²) in [6.07, 6.45) is 0. The minimum atomic E-state index is -0.284. The molecule has 0 amide bonds. The second-order valence-electron chi connectivity index (χ2n) is 4.45. The van der Waals surface area contributed by atoms with Crippen LogP contribution in [0.4, 0.5) is 15.9 Å². The summed E-state index contributed by atoms with van der Waals surface area (Å²) in [7, 11) is 0. The Morgan fingerprint density at radius 2 is 2.00 bits per heavy atom. The van der Waals surface area contributed by atoms with Crippen LogP contribution in [-0.2, 0) is 0 Å². The Morgan fingerprint density at radius 3 is 2.68 bits per heavy atom. The van der Waals surface area contributed by atoms with E-state index in [2.05, 4.69) is 16.4 Å². The Kier molecular flexibility index (Phi) is 3.48. The zero-order chi connectivity index (χ0) is 14.0. The average Bonchev–Trinajstić information content (AvgIpc) is 2.34. The molecule has 0 saturated carbocycles. The fourth-order valence-corrected chi connectivity index (χ4v) is 1.94. The monoisotopic (exact) mass is 255 g/mol. The summed E-state index contributed by atoms with van der Waals surface area (Å²) in [6, 6.07) is 8.77. The van der Waals surface area contributed by atoms with Gasteiger partial charge in [-0.3, -0.25) is 0 Å². The third-order valence-corrected chi connectivity index (χ3v) is 2.98. The fourth-order valence-electron chi connectivity index (χ4n) is 1.94. The molecule has 3 nitrogen and oxygen atoms in total. The molecule has 0 saturated heterocycles. The molecular weight excluding hydrogens is 241 g/mol. The van der Waals surface area contributed by atoms with Crippen LogP contribution in [0.15, 0.2) is 24.3 Å². The molecule has 0 aliphatic carbocycles. The van der Waals surface area contributed by atoms with Crippen molar-refractivity contribution in [2.75, 3.05) is 5.32 Å². The van der Waals surface area contributed by atoms with Crippen molar-refractivity contribution < 1.29 is 4.39 Å². The fraction of sp³-hybridized carbons (Fsp3) is 0.200. The standard InChI is InChI=1S/C15H14FN3/c1-9-7-10(2)18-15(12(9)8-17)19-14-6-4-5-13(16)11(14)3/h4-7H,1-3H3,(H,18,19). The van der Waals surface area contributed by atoms with E-state index in [1.807, 2.05) is 19.9 Å². The SMILES string of the molecule is Cc1cc(C)c(C#N)c(Nc2cccc(F)c2C)n1. The first-order valence-corrected chi connectivity index (χ1v) is 5.93. The first kappa shape index (κ1) is 13.0. The number of rotatable bonds is 2. The number of hydrogen-bond acceptors (Lipinski definition) is 3. The van der Waals surface area contributed by atoms with E-state index >= 15 is 0 Å². The van der Waals surface area contributed by atoms with Gasteiger partial charge in [-0.15, -0.1) is 0 Å². The van der Waals surface area contributed by atoms with E-state index in [1.165, 1.54) is 6.07 Å². The van der Waals surface area contributed by atoms with Crippen LogP contribution in [0, 0.1) is 37.9 Å². The summed E-state index contributed by atoms with van der Waals surface area (Å²) >= 11 is 0. The smallest absolute Gasteiger partial charge is 0.148 e. The van der Waals surface area contributed by atoms with Gasteiger partial charge < -0.3 is 5.32 Å². The van der Waals surface area contributed by atoms with Gasteiger partial charge in [-0.25, -0.2) is 9.37 Å². The first-order chi connectivity index (χ1) is 9.02. The molecule has 19 heavy (non-hydrogen) atoms. The van der Waals surface area contributed by atoms with E-state index in [0.717, 1.165) is 11.3 Å². The van der Waals surface area contributed by atoms with Crippen LogP contribution in [-0.4, -0.2) is 4.98 Å². The number of aryl methyl sites for hydroxylation is 2. The van der Waals surface area contributed by atoms with E-state index in [-0.39, 0.29) is 5.82 Å². The van der Waals surface area contributed by atoms with Gasteiger partial charge >= 0.3 is 0 Å². The van der Waals surface area contributed by atoms with Crippen molar-refractivity contribution in [1.29, 1.82) is 5.26 Å². The largest absolute Gasteiger partial charge is 0.339 e. The van der Waals surface area contributed by atoms with Gasteiger partial charge in [0.05, 0.1) is 5.56 Å². The number of pyridine rings is 1. The Balaban J connectivity index is 2.50. The summed E-state index contributed by atoms with van der Waals surface area (Å²) in [6.45, 7) is 5.40. The highest BCUT2D eigenvalue weighted by Gasteiger charge is 2.10. The molecule has 1 heterocycles. The summed E-state index contributed by atoms with van der Waals surface area (Å²) in [5, 5.41) is 12.2. The molecular formula is C15H14FN3. The summed E-state index contributed by atoms with van der Waals surface area (Å²) < 4.78 is 13.5. The van der Waals surface area contributed by atoms with Crippen molar-refractivity contribution in [1.82, 2.24) is 4.98 Å².